The van der Waals surface area contributed by atoms with E-state index >= 15 is 0 Å². The van der Waals surface area contributed by atoms with Crippen molar-refractivity contribution in [2.75, 3.05) is 14.2 Å². The van der Waals surface area contributed by atoms with Crippen LogP contribution in [0.5, 0.6) is 5.75 Å². The number of para-hydroxylation sites is 1. The summed E-state index contributed by atoms with van der Waals surface area (Å²) >= 11 is 1.71. The molecule has 0 bridgehead atoms. The zero-order valence-corrected chi connectivity index (χ0v) is 12.4. The van der Waals surface area contributed by atoms with Crippen LogP contribution >= 0.6 is 11.8 Å². The van der Waals surface area contributed by atoms with E-state index in [2.05, 4.69) is 5.32 Å². The van der Waals surface area contributed by atoms with E-state index in [1.165, 1.54) is 7.11 Å². The Bertz CT molecular complexity index is 476. The number of ether oxygens (including phenoxy) is 2. The lowest BCUT2D eigenvalue weighted by atomic mass is 10.0. The second-order valence-corrected chi connectivity index (χ2v) is 6.73. The first kappa shape index (κ1) is 14.2. The number of rotatable bonds is 3. The summed E-state index contributed by atoms with van der Waals surface area (Å²) in [6.45, 7) is 4.09. The number of thioether (sulfide) groups is 1. The van der Waals surface area contributed by atoms with E-state index in [-0.39, 0.29) is 22.1 Å². The topological polar surface area (TPSA) is 47.6 Å². The van der Waals surface area contributed by atoms with Crippen LogP contribution in [0.4, 0.5) is 0 Å². The Balaban J connectivity index is 2.27. The van der Waals surface area contributed by atoms with Crippen LogP contribution in [-0.4, -0.2) is 31.0 Å². The van der Waals surface area contributed by atoms with Crippen LogP contribution in [-0.2, 0) is 9.53 Å². The molecule has 104 valence electrons. The van der Waals surface area contributed by atoms with Crippen molar-refractivity contribution in [2.24, 2.45) is 0 Å². The van der Waals surface area contributed by atoms with Crippen molar-refractivity contribution >= 4 is 17.7 Å². The van der Waals surface area contributed by atoms with Crippen LogP contribution in [0, 0.1) is 0 Å². The second kappa shape index (κ2) is 5.43. The molecule has 1 aromatic rings. The van der Waals surface area contributed by atoms with Gasteiger partial charge >= 0.3 is 5.97 Å². The fourth-order valence-electron chi connectivity index (χ4n) is 2.26. The summed E-state index contributed by atoms with van der Waals surface area (Å²) in [5, 5.41) is 3.35. The number of carbonyl (C=O) groups is 1. The molecule has 0 amide bonds. The Morgan fingerprint density at radius 3 is 2.63 bits per heavy atom. The van der Waals surface area contributed by atoms with Crippen molar-refractivity contribution in [2.45, 2.75) is 30.0 Å². The minimum atomic E-state index is -0.322. The number of hydrogen-bond donors (Lipinski definition) is 1. The Kier molecular flexibility index (Phi) is 4.06. The molecule has 1 aliphatic rings. The molecule has 1 N–H and O–H groups in total. The Morgan fingerprint density at radius 1 is 1.32 bits per heavy atom. The second-order valence-electron chi connectivity index (χ2n) is 4.97. The third kappa shape index (κ3) is 2.72. The van der Waals surface area contributed by atoms with Crippen molar-refractivity contribution < 1.29 is 14.3 Å². The summed E-state index contributed by atoms with van der Waals surface area (Å²) < 4.78 is 10.0. The largest absolute Gasteiger partial charge is 0.496 e. The minimum Gasteiger partial charge on any atom is -0.496 e. The molecule has 0 aromatic heterocycles. The third-order valence-electron chi connectivity index (χ3n) is 3.29. The summed E-state index contributed by atoms with van der Waals surface area (Å²) in [5.41, 5.74) is 1.05. The van der Waals surface area contributed by atoms with Gasteiger partial charge in [0.15, 0.2) is 0 Å². The molecule has 1 unspecified atom stereocenters. The van der Waals surface area contributed by atoms with Gasteiger partial charge in [0.1, 0.15) is 11.8 Å². The SMILES string of the molecule is COC(=O)[C@@H]1NC(c2ccccc2OC)SC1(C)C. The van der Waals surface area contributed by atoms with Crippen LogP contribution in [0.2, 0.25) is 0 Å². The van der Waals surface area contributed by atoms with E-state index < -0.39 is 0 Å². The van der Waals surface area contributed by atoms with Gasteiger partial charge in [-0.25, -0.2) is 0 Å². The maximum Gasteiger partial charge on any atom is 0.324 e. The molecule has 0 spiro atoms. The van der Waals surface area contributed by atoms with Gasteiger partial charge in [0.05, 0.1) is 19.6 Å². The van der Waals surface area contributed by atoms with Crippen molar-refractivity contribution in [3.63, 3.8) is 0 Å². The third-order valence-corrected chi connectivity index (χ3v) is 4.76. The van der Waals surface area contributed by atoms with Gasteiger partial charge in [0, 0.05) is 10.3 Å². The lowest BCUT2D eigenvalue weighted by Crippen LogP contribution is -2.44. The molecule has 5 heteroatoms. The van der Waals surface area contributed by atoms with Crippen LogP contribution in [0.3, 0.4) is 0 Å². The molecule has 1 aliphatic heterocycles. The standard InChI is InChI=1S/C14H19NO3S/c1-14(2)11(13(16)18-4)15-12(19-14)9-7-5-6-8-10(9)17-3/h5-8,11-12,15H,1-4H3/t11-,12?/m0/s1. The highest BCUT2D eigenvalue weighted by atomic mass is 32.2. The Labute approximate surface area is 117 Å². The number of benzene rings is 1. The summed E-state index contributed by atoms with van der Waals surface area (Å²) in [7, 11) is 3.07. The van der Waals surface area contributed by atoms with E-state index in [0.29, 0.717) is 0 Å². The van der Waals surface area contributed by atoms with Gasteiger partial charge in [-0.2, -0.15) is 0 Å². The normalized spacial score (nSPS) is 25.1. The molecule has 19 heavy (non-hydrogen) atoms. The highest BCUT2D eigenvalue weighted by Gasteiger charge is 2.46. The summed E-state index contributed by atoms with van der Waals surface area (Å²) in [4.78, 5) is 11.8. The number of carbonyl (C=O) groups excluding carboxylic acids is 1. The van der Waals surface area contributed by atoms with E-state index in [1.54, 1.807) is 18.9 Å². The van der Waals surface area contributed by atoms with Crippen LogP contribution < -0.4 is 10.1 Å². The zero-order chi connectivity index (χ0) is 14.0. The molecule has 0 saturated carbocycles. The van der Waals surface area contributed by atoms with Gasteiger partial charge in [-0.05, 0) is 19.9 Å². The molecule has 1 heterocycles. The fraction of sp³-hybridized carbons (Fsp3) is 0.500. The van der Waals surface area contributed by atoms with Gasteiger partial charge in [0.2, 0.25) is 0 Å². The lowest BCUT2D eigenvalue weighted by molar-refractivity contribution is -0.143. The van der Waals surface area contributed by atoms with Gasteiger partial charge in [-0.1, -0.05) is 18.2 Å². The molecule has 1 aromatic carbocycles. The molecular weight excluding hydrogens is 262 g/mol. The van der Waals surface area contributed by atoms with Crippen molar-refractivity contribution in [3.8, 4) is 5.75 Å². The fourth-order valence-corrected chi connectivity index (χ4v) is 3.70. The van der Waals surface area contributed by atoms with Gasteiger partial charge in [-0.15, -0.1) is 11.8 Å². The first-order valence-electron chi connectivity index (χ1n) is 6.14. The number of nitrogens with one attached hydrogen (secondary N) is 1. The Hall–Kier alpha value is -1.20. The molecular formula is C14H19NO3S. The van der Waals surface area contributed by atoms with E-state index in [9.17, 15) is 4.79 Å². The van der Waals surface area contributed by atoms with Gasteiger partial charge in [-0.3, -0.25) is 10.1 Å². The maximum absolute atomic E-state index is 11.8. The minimum absolute atomic E-state index is 0.0234. The molecule has 1 fully saturated rings. The van der Waals surface area contributed by atoms with Crippen LogP contribution in [0.1, 0.15) is 24.8 Å². The zero-order valence-electron chi connectivity index (χ0n) is 11.6. The molecule has 2 rings (SSSR count). The molecule has 2 atom stereocenters. The highest BCUT2D eigenvalue weighted by molar-refractivity contribution is 8.01. The quantitative estimate of drug-likeness (QED) is 0.862. The van der Waals surface area contributed by atoms with Crippen LogP contribution in [0.25, 0.3) is 0 Å². The molecule has 1 saturated heterocycles. The first-order valence-corrected chi connectivity index (χ1v) is 7.02. The predicted octanol–water partition coefficient (Wildman–Crippen LogP) is 2.35. The summed E-state index contributed by atoms with van der Waals surface area (Å²) in [5.74, 6) is 0.601. The monoisotopic (exact) mass is 281 g/mol. The smallest absolute Gasteiger partial charge is 0.324 e. The lowest BCUT2D eigenvalue weighted by Gasteiger charge is -2.22. The molecule has 0 aliphatic carbocycles. The van der Waals surface area contributed by atoms with Gasteiger partial charge in [0.25, 0.3) is 0 Å². The molecule has 0 radical (unpaired) electrons. The van der Waals surface area contributed by atoms with Crippen molar-refractivity contribution in [1.29, 1.82) is 0 Å². The van der Waals surface area contributed by atoms with Crippen LogP contribution in [0.15, 0.2) is 24.3 Å². The van der Waals surface area contributed by atoms with E-state index in [0.717, 1.165) is 11.3 Å². The average Bonchev–Trinajstić information content (AvgIpc) is 2.73. The molecule has 4 nitrogen and oxygen atoms in total. The van der Waals surface area contributed by atoms with Crippen molar-refractivity contribution in [1.82, 2.24) is 5.32 Å². The number of esters is 1. The number of hydrogen-bond acceptors (Lipinski definition) is 5. The Morgan fingerprint density at radius 2 is 2.00 bits per heavy atom. The van der Waals surface area contributed by atoms with E-state index in [4.69, 9.17) is 9.47 Å². The first-order chi connectivity index (χ1) is 8.99. The number of methoxy groups -OCH3 is 2. The summed E-state index contributed by atoms with van der Waals surface area (Å²) in [6.07, 6.45) is 0. The predicted molar refractivity (Wildman–Crippen MR) is 76.3 cm³/mol. The maximum atomic E-state index is 11.8. The highest BCUT2D eigenvalue weighted by Crippen LogP contribution is 2.47. The average molecular weight is 281 g/mol. The van der Waals surface area contributed by atoms with Crippen molar-refractivity contribution in [3.05, 3.63) is 29.8 Å². The van der Waals surface area contributed by atoms with Gasteiger partial charge < -0.3 is 9.47 Å². The summed E-state index contributed by atoms with van der Waals surface area (Å²) in [6, 6.07) is 7.52. The van der Waals surface area contributed by atoms with E-state index in [1.807, 2.05) is 38.1 Å².